The number of ketones is 1. The van der Waals surface area contributed by atoms with Crippen LogP contribution in [0.3, 0.4) is 0 Å². The van der Waals surface area contributed by atoms with Gasteiger partial charge in [-0.05, 0) is 48.6 Å². The van der Waals surface area contributed by atoms with Gasteiger partial charge in [-0.2, -0.15) is 0 Å². The average Bonchev–Trinajstić information content (AvgIpc) is 3.27. The molecule has 0 unspecified atom stereocenters. The topological polar surface area (TPSA) is 109 Å². The molecule has 0 radical (unpaired) electrons. The van der Waals surface area contributed by atoms with Crippen LogP contribution in [0.25, 0.3) is 5.76 Å². The minimum atomic E-state index is -1.14. The maximum Gasteiger partial charge on any atom is 0.292 e. The van der Waals surface area contributed by atoms with Crippen LogP contribution in [0.4, 0.5) is 13.2 Å². The van der Waals surface area contributed by atoms with Crippen molar-refractivity contribution in [3.63, 3.8) is 0 Å². The first kappa shape index (κ1) is 26.9. The SMILES string of the molecule is O=C(/C=C(\O)c1cc(Cc2ccc(F)cc2F)cn(Cc2ccccc2F)c1=O)C(=O)N[C@H]1CCC[C@@H]1O. The summed E-state index contributed by atoms with van der Waals surface area (Å²) in [6, 6.07) is 9.40. The van der Waals surface area contributed by atoms with Gasteiger partial charge in [0.25, 0.3) is 11.5 Å². The fourth-order valence-electron chi connectivity index (χ4n) is 4.41. The molecule has 0 aliphatic heterocycles. The molecule has 1 saturated carbocycles. The number of halogens is 3. The first-order chi connectivity index (χ1) is 18.1. The highest BCUT2D eigenvalue weighted by Gasteiger charge is 2.28. The first-order valence-electron chi connectivity index (χ1n) is 12.0. The standard InChI is InChI=1S/C28H25F3N2O5/c29-19-9-8-17(22(31)12-19)10-16-11-20(28(38)33(14-16)15-18-4-1-2-5-21(18)30)25(35)13-26(36)27(37)32-23-6-3-7-24(23)34/h1-2,4-5,8-9,11-14,23-24,34-35H,3,6-7,10,15H2,(H,32,37)/b25-13-/t23-,24-/m0/s1. The minimum Gasteiger partial charge on any atom is -0.507 e. The van der Waals surface area contributed by atoms with Gasteiger partial charge in [0.2, 0.25) is 5.78 Å². The zero-order valence-corrected chi connectivity index (χ0v) is 20.2. The van der Waals surface area contributed by atoms with Gasteiger partial charge >= 0.3 is 0 Å². The van der Waals surface area contributed by atoms with Gasteiger partial charge in [0.15, 0.2) is 0 Å². The summed E-state index contributed by atoms with van der Waals surface area (Å²) in [5, 5.41) is 22.9. The van der Waals surface area contributed by atoms with Crippen molar-refractivity contribution in [2.24, 2.45) is 0 Å². The largest absolute Gasteiger partial charge is 0.507 e. The lowest BCUT2D eigenvalue weighted by Crippen LogP contribution is -2.42. The molecule has 1 aliphatic rings. The number of benzene rings is 2. The quantitative estimate of drug-likeness (QED) is 0.237. The van der Waals surface area contributed by atoms with Crippen LogP contribution >= 0.6 is 0 Å². The van der Waals surface area contributed by atoms with Crippen LogP contribution in [0.5, 0.6) is 0 Å². The summed E-state index contributed by atoms with van der Waals surface area (Å²) in [4.78, 5) is 37.9. The van der Waals surface area contributed by atoms with Gasteiger partial charge < -0.3 is 20.1 Å². The van der Waals surface area contributed by atoms with Crippen LogP contribution in [-0.4, -0.2) is 38.6 Å². The third kappa shape index (κ3) is 6.20. The molecule has 198 valence electrons. The van der Waals surface area contributed by atoms with Crippen molar-refractivity contribution >= 4 is 17.4 Å². The van der Waals surface area contributed by atoms with Crippen molar-refractivity contribution in [1.29, 1.82) is 0 Å². The number of aliphatic hydroxyl groups excluding tert-OH is 2. The second kappa shape index (κ2) is 11.5. The Morgan fingerprint density at radius 2 is 1.79 bits per heavy atom. The summed E-state index contributed by atoms with van der Waals surface area (Å²) in [5.41, 5.74) is -0.595. The molecule has 38 heavy (non-hydrogen) atoms. The van der Waals surface area contributed by atoms with Crippen LogP contribution in [0.2, 0.25) is 0 Å². The van der Waals surface area contributed by atoms with Crippen molar-refractivity contribution in [3.8, 4) is 0 Å². The Bertz CT molecular complexity index is 1470. The molecule has 3 aromatic rings. The summed E-state index contributed by atoms with van der Waals surface area (Å²) in [6.45, 7) is -0.237. The van der Waals surface area contributed by atoms with Crippen molar-refractivity contribution in [3.05, 3.63) is 111 Å². The molecule has 1 heterocycles. The fraction of sp³-hybridized carbons (Fsp3) is 0.250. The Morgan fingerprint density at radius 1 is 1.03 bits per heavy atom. The predicted molar refractivity (Wildman–Crippen MR) is 133 cm³/mol. The lowest BCUT2D eigenvalue weighted by molar-refractivity contribution is -0.136. The number of carbonyl (C=O) groups excluding carboxylic acids is 2. The minimum absolute atomic E-state index is 0.0995. The maximum atomic E-state index is 14.3. The van der Waals surface area contributed by atoms with E-state index >= 15 is 0 Å². The summed E-state index contributed by atoms with van der Waals surface area (Å²) in [7, 11) is 0. The molecular weight excluding hydrogens is 501 g/mol. The van der Waals surface area contributed by atoms with Gasteiger partial charge in [-0.3, -0.25) is 14.4 Å². The van der Waals surface area contributed by atoms with E-state index in [-0.39, 0.29) is 29.7 Å². The number of rotatable bonds is 8. The third-order valence-electron chi connectivity index (χ3n) is 6.41. The lowest BCUT2D eigenvalue weighted by Gasteiger charge is -2.15. The molecule has 0 spiro atoms. The molecule has 1 fully saturated rings. The van der Waals surface area contributed by atoms with Crippen LogP contribution in [0.15, 0.2) is 65.6 Å². The number of aliphatic hydroxyl groups is 2. The molecule has 1 amide bonds. The van der Waals surface area contributed by atoms with Gasteiger partial charge in [0.05, 0.1) is 24.3 Å². The highest BCUT2D eigenvalue weighted by molar-refractivity contribution is 6.41. The number of amides is 1. The monoisotopic (exact) mass is 526 g/mol. The zero-order chi connectivity index (χ0) is 27.4. The van der Waals surface area contributed by atoms with E-state index in [1.807, 2.05) is 0 Å². The van der Waals surface area contributed by atoms with Gasteiger partial charge in [0.1, 0.15) is 23.2 Å². The predicted octanol–water partition coefficient (Wildman–Crippen LogP) is 3.40. The van der Waals surface area contributed by atoms with Crippen molar-refractivity contribution in [1.82, 2.24) is 9.88 Å². The third-order valence-corrected chi connectivity index (χ3v) is 6.41. The molecule has 2 aromatic carbocycles. The Balaban J connectivity index is 1.69. The molecule has 0 saturated heterocycles. The number of carbonyl (C=O) groups is 2. The van der Waals surface area contributed by atoms with E-state index in [2.05, 4.69) is 5.32 Å². The highest BCUT2D eigenvalue weighted by Crippen LogP contribution is 2.20. The van der Waals surface area contributed by atoms with E-state index < -0.39 is 52.6 Å². The zero-order valence-electron chi connectivity index (χ0n) is 20.2. The molecular formula is C28H25F3N2O5. The van der Waals surface area contributed by atoms with E-state index in [0.717, 1.165) is 10.6 Å². The van der Waals surface area contributed by atoms with Gasteiger partial charge in [-0.15, -0.1) is 0 Å². The summed E-state index contributed by atoms with van der Waals surface area (Å²) in [6.07, 6.45) is 2.72. The lowest BCUT2D eigenvalue weighted by atomic mass is 10.0. The Morgan fingerprint density at radius 3 is 2.47 bits per heavy atom. The number of hydrogen-bond acceptors (Lipinski definition) is 5. The number of hydrogen-bond donors (Lipinski definition) is 3. The maximum absolute atomic E-state index is 14.3. The number of pyridine rings is 1. The molecule has 2 atom stereocenters. The summed E-state index contributed by atoms with van der Waals surface area (Å²) >= 11 is 0. The Labute approximate surface area is 215 Å². The second-order valence-electron chi connectivity index (χ2n) is 9.17. The fourth-order valence-corrected chi connectivity index (χ4v) is 4.41. The highest BCUT2D eigenvalue weighted by atomic mass is 19.1. The summed E-state index contributed by atoms with van der Waals surface area (Å²) < 4.78 is 43.0. The molecule has 4 rings (SSSR count). The molecule has 3 N–H and O–H groups in total. The molecule has 10 heteroatoms. The Kier molecular flexibility index (Phi) is 8.11. The van der Waals surface area contributed by atoms with Gasteiger partial charge in [0, 0.05) is 30.3 Å². The van der Waals surface area contributed by atoms with Crippen LogP contribution in [-0.2, 0) is 22.6 Å². The molecule has 1 aromatic heterocycles. The number of nitrogens with zero attached hydrogens (tertiary/aromatic N) is 1. The number of nitrogens with one attached hydrogen (secondary N) is 1. The van der Waals surface area contributed by atoms with E-state index in [1.165, 1.54) is 36.5 Å². The van der Waals surface area contributed by atoms with Crippen LogP contribution in [0, 0.1) is 17.5 Å². The van der Waals surface area contributed by atoms with E-state index in [1.54, 1.807) is 6.07 Å². The van der Waals surface area contributed by atoms with Gasteiger partial charge in [-0.1, -0.05) is 24.3 Å². The van der Waals surface area contributed by atoms with Crippen molar-refractivity contribution < 1.29 is 33.0 Å². The summed E-state index contributed by atoms with van der Waals surface area (Å²) in [5.74, 6) is -5.17. The van der Waals surface area contributed by atoms with E-state index in [0.29, 0.717) is 37.0 Å². The first-order valence-corrected chi connectivity index (χ1v) is 12.0. The van der Waals surface area contributed by atoms with Crippen molar-refractivity contribution in [2.45, 2.75) is 44.4 Å². The number of aromatic nitrogens is 1. The van der Waals surface area contributed by atoms with E-state index in [9.17, 15) is 37.8 Å². The Hall–Kier alpha value is -4.18. The van der Waals surface area contributed by atoms with E-state index in [4.69, 9.17) is 0 Å². The van der Waals surface area contributed by atoms with Gasteiger partial charge in [-0.25, -0.2) is 13.2 Å². The molecule has 0 bridgehead atoms. The van der Waals surface area contributed by atoms with Crippen LogP contribution in [0.1, 0.15) is 41.5 Å². The molecule has 1 aliphatic carbocycles. The molecule has 7 nitrogen and oxygen atoms in total. The average molecular weight is 527 g/mol. The van der Waals surface area contributed by atoms with Crippen LogP contribution < -0.4 is 10.9 Å². The normalized spacial score (nSPS) is 17.4. The van der Waals surface area contributed by atoms with Crippen molar-refractivity contribution in [2.75, 3.05) is 0 Å². The smallest absolute Gasteiger partial charge is 0.292 e. The second-order valence-corrected chi connectivity index (χ2v) is 9.17.